The van der Waals surface area contributed by atoms with Crippen LogP contribution in [0.5, 0.6) is 0 Å². The summed E-state index contributed by atoms with van der Waals surface area (Å²) in [5.41, 5.74) is 1.67. The fourth-order valence-corrected chi connectivity index (χ4v) is 4.33. The number of sulfone groups is 1. The van der Waals surface area contributed by atoms with E-state index in [1.165, 1.54) is 18.4 Å². The Morgan fingerprint density at radius 2 is 1.86 bits per heavy atom. The molecule has 0 aliphatic rings. The van der Waals surface area contributed by atoms with E-state index in [9.17, 15) is 12.8 Å². The Kier molecular flexibility index (Phi) is 8.32. The molecule has 8 heteroatoms. The predicted molar refractivity (Wildman–Crippen MR) is 114 cm³/mol. The van der Waals surface area contributed by atoms with Crippen LogP contribution >= 0.6 is 11.8 Å². The highest BCUT2D eigenvalue weighted by molar-refractivity contribution is 7.99. The van der Waals surface area contributed by atoms with Gasteiger partial charge in [-0.25, -0.2) is 17.8 Å². The number of hydrogen-bond acceptors (Lipinski definition) is 4. The van der Waals surface area contributed by atoms with E-state index in [0.29, 0.717) is 23.9 Å². The van der Waals surface area contributed by atoms with E-state index in [1.807, 2.05) is 13.0 Å². The van der Waals surface area contributed by atoms with Crippen molar-refractivity contribution in [1.82, 2.24) is 10.6 Å². The fraction of sp³-hybridized carbons (Fsp3) is 0.350. The SMILES string of the molecule is CCNC(=NCc1ccc(S(C)(=O)=O)c(C)c1)NCCSc1ccc(F)cc1. The second-order valence-electron chi connectivity index (χ2n) is 6.30. The van der Waals surface area contributed by atoms with E-state index in [-0.39, 0.29) is 5.82 Å². The number of rotatable bonds is 8. The summed E-state index contributed by atoms with van der Waals surface area (Å²) in [6, 6.07) is 11.7. The molecule has 2 N–H and O–H groups in total. The van der Waals surface area contributed by atoms with Crippen LogP contribution in [0.3, 0.4) is 0 Å². The van der Waals surface area contributed by atoms with Gasteiger partial charge >= 0.3 is 0 Å². The third kappa shape index (κ3) is 7.16. The average Bonchev–Trinajstić information content (AvgIpc) is 2.63. The molecule has 28 heavy (non-hydrogen) atoms. The van der Waals surface area contributed by atoms with Gasteiger partial charge in [-0.05, 0) is 55.3 Å². The Morgan fingerprint density at radius 3 is 2.46 bits per heavy atom. The summed E-state index contributed by atoms with van der Waals surface area (Å²) in [4.78, 5) is 5.93. The largest absolute Gasteiger partial charge is 0.357 e. The fourth-order valence-electron chi connectivity index (χ4n) is 2.61. The van der Waals surface area contributed by atoms with Crippen molar-refractivity contribution in [3.63, 3.8) is 0 Å². The molecule has 0 aliphatic carbocycles. The second-order valence-corrected chi connectivity index (χ2v) is 9.45. The molecule has 0 bridgehead atoms. The zero-order valence-electron chi connectivity index (χ0n) is 16.3. The molecule has 0 radical (unpaired) electrons. The number of aliphatic imine (C=N–C) groups is 1. The Hall–Kier alpha value is -2.06. The molecule has 5 nitrogen and oxygen atoms in total. The molecule has 0 aromatic heterocycles. The lowest BCUT2D eigenvalue weighted by Crippen LogP contribution is -2.38. The minimum atomic E-state index is -3.21. The molecule has 0 heterocycles. The van der Waals surface area contributed by atoms with Crippen molar-refractivity contribution >= 4 is 27.6 Å². The Labute approximate surface area is 170 Å². The van der Waals surface area contributed by atoms with Gasteiger partial charge in [0.25, 0.3) is 0 Å². The molecule has 0 amide bonds. The molecular formula is C20H26FN3O2S2. The number of benzene rings is 2. The van der Waals surface area contributed by atoms with Gasteiger partial charge in [0.1, 0.15) is 5.82 Å². The number of guanidine groups is 1. The van der Waals surface area contributed by atoms with Crippen LogP contribution in [0.25, 0.3) is 0 Å². The Balaban J connectivity index is 1.91. The maximum atomic E-state index is 12.9. The molecule has 2 aromatic rings. The van der Waals surface area contributed by atoms with Gasteiger partial charge in [0.15, 0.2) is 15.8 Å². The predicted octanol–water partition coefficient (Wildman–Crippen LogP) is 3.39. The van der Waals surface area contributed by atoms with Gasteiger partial charge in [0.2, 0.25) is 0 Å². The first-order valence-electron chi connectivity index (χ1n) is 8.99. The van der Waals surface area contributed by atoms with Crippen molar-refractivity contribution in [2.75, 3.05) is 25.1 Å². The van der Waals surface area contributed by atoms with Crippen LogP contribution in [0.1, 0.15) is 18.1 Å². The van der Waals surface area contributed by atoms with Crippen molar-refractivity contribution in [3.8, 4) is 0 Å². The maximum absolute atomic E-state index is 12.9. The van der Waals surface area contributed by atoms with E-state index in [2.05, 4.69) is 15.6 Å². The maximum Gasteiger partial charge on any atom is 0.191 e. The van der Waals surface area contributed by atoms with Crippen molar-refractivity contribution in [2.24, 2.45) is 4.99 Å². The van der Waals surface area contributed by atoms with E-state index in [0.717, 1.165) is 28.3 Å². The summed E-state index contributed by atoms with van der Waals surface area (Å²) in [7, 11) is -3.21. The molecule has 0 fully saturated rings. The summed E-state index contributed by atoms with van der Waals surface area (Å²) >= 11 is 1.64. The molecular weight excluding hydrogens is 397 g/mol. The van der Waals surface area contributed by atoms with Crippen LogP contribution < -0.4 is 10.6 Å². The van der Waals surface area contributed by atoms with Gasteiger partial charge in [-0.3, -0.25) is 0 Å². The minimum Gasteiger partial charge on any atom is -0.357 e. The van der Waals surface area contributed by atoms with Crippen molar-refractivity contribution < 1.29 is 12.8 Å². The molecule has 152 valence electrons. The zero-order valence-corrected chi connectivity index (χ0v) is 18.0. The third-order valence-corrected chi connectivity index (χ3v) is 6.15. The molecule has 2 aromatic carbocycles. The first-order valence-corrected chi connectivity index (χ1v) is 11.9. The van der Waals surface area contributed by atoms with Gasteiger partial charge in [0, 0.05) is 30.0 Å². The van der Waals surface area contributed by atoms with Gasteiger partial charge < -0.3 is 10.6 Å². The summed E-state index contributed by atoms with van der Waals surface area (Å²) in [5, 5.41) is 6.46. The first kappa shape index (κ1) is 22.2. The molecule has 0 aliphatic heterocycles. The van der Waals surface area contributed by atoms with E-state index >= 15 is 0 Å². The van der Waals surface area contributed by atoms with E-state index in [4.69, 9.17) is 0 Å². The normalized spacial score (nSPS) is 12.1. The number of thioether (sulfide) groups is 1. The van der Waals surface area contributed by atoms with Crippen molar-refractivity contribution in [3.05, 3.63) is 59.4 Å². The van der Waals surface area contributed by atoms with Crippen molar-refractivity contribution in [1.29, 1.82) is 0 Å². The van der Waals surface area contributed by atoms with Gasteiger partial charge in [0.05, 0.1) is 11.4 Å². The van der Waals surface area contributed by atoms with Crippen LogP contribution in [-0.4, -0.2) is 39.5 Å². The molecule has 0 saturated heterocycles. The van der Waals surface area contributed by atoms with Gasteiger partial charge in [-0.1, -0.05) is 12.1 Å². The lowest BCUT2D eigenvalue weighted by Gasteiger charge is -2.12. The molecule has 0 saturated carbocycles. The molecule has 0 unspecified atom stereocenters. The quantitative estimate of drug-likeness (QED) is 0.295. The van der Waals surface area contributed by atoms with Gasteiger partial charge in [-0.2, -0.15) is 0 Å². The highest BCUT2D eigenvalue weighted by Crippen LogP contribution is 2.18. The third-order valence-electron chi connectivity index (χ3n) is 3.88. The smallest absolute Gasteiger partial charge is 0.191 e. The average molecular weight is 424 g/mol. The number of halogens is 1. The molecule has 0 atom stereocenters. The summed E-state index contributed by atoms with van der Waals surface area (Å²) in [6.07, 6.45) is 1.21. The Bertz CT molecular complexity index is 914. The zero-order chi connectivity index (χ0) is 20.6. The first-order chi connectivity index (χ1) is 13.3. The number of aryl methyl sites for hydroxylation is 1. The highest BCUT2D eigenvalue weighted by atomic mass is 32.2. The lowest BCUT2D eigenvalue weighted by molar-refractivity contribution is 0.601. The summed E-state index contributed by atoms with van der Waals surface area (Å²) in [5.74, 6) is 1.29. The van der Waals surface area contributed by atoms with Gasteiger partial charge in [-0.15, -0.1) is 11.8 Å². The van der Waals surface area contributed by atoms with Crippen LogP contribution in [0.4, 0.5) is 4.39 Å². The number of hydrogen-bond donors (Lipinski definition) is 2. The monoisotopic (exact) mass is 423 g/mol. The Morgan fingerprint density at radius 1 is 1.14 bits per heavy atom. The summed E-state index contributed by atoms with van der Waals surface area (Å²) in [6.45, 7) is 5.68. The second kappa shape index (κ2) is 10.5. The minimum absolute atomic E-state index is 0.233. The molecule has 2 rings (SSSR count). The standard InChI is InChI=1S/C20H26FN3O2S2/c1-4-22-20(23-11-12-27-18-8-6-17(21)7-9-18)24-14-16-5-10-19(15(2)13-16)28(3,25)26/h5-10,13H,4,11-12,14H2,1-3H3,(H2,22,23,24). The highest BCUT2D eigenvalue weighted by Gasteiger charge is 2.10. The lowest BCUT2D eigenvalue weighted by atomic mass is 10.1. The van der Waals surface area contributed by atoms with Crippen LogP contribution in [0, 0.1) is 12.7 Å². The van der Waals surface area contributed by atoms with Crippen LogP contribution in [-0.2, 0) is 16.4 Å². The van der Waals surface area contributed by atoms with E-state index in [1.54, 1.807) is 43.0 Å². The molecule has 0 spiro atoms. The van der Waals surface area contributed by atoms with Crippen LogP contribution in [0.15, 0.2) is 57.2 Å². The van der Waals surface area contributed by atoms with Crippen molar-refractivity contribution in [2.45, 2.75) is 30.2 Å². The van der Waals surface area contributed by atoms with Crippen LogP contribution in [0.2, 0.25) is 0 Å². The topological polar surface area (TPSA) is 70.6 Å². The summed E-state index contributed by atoms with van der Waals surface area (Å²) < 4.78 is 36.3. The number of nitrogens with zero attached hydrogens (tertiary/aromatic N) is 1. The van der Waals surface area contributed by atoms with E-state index < -0.39 is 9.84 Å². The number of nitrogens with one attached hydrogen (secondary N) is 2.